The van der Waals surface area contributed by atoms with Crippen LogP contribution in [0.25, 0.3) is 11.3 Å². The molecule has 0 unspecified atom stereocenters. The molecule has 0 spiro atoms. The summed E-state index contributed by atoms with van der Waals surface area (Å²) in [4.78, 5) is 16.5. The number of carbonyl (C=O) groups excluding carboxylic acids is 1. The van der Waals surface area contributed by atoms with Crippen LogP contribution >= 0.6 is 31.9 Å². The Hall–Kier alpha value is -1.86. The Labute approximate surface area is 143 Å². The molecule has 5 nitrogen and oxygen atoms in total. The smallest absolute Gasteiger partial charge is 0.258 e. The SMILES string of the molecule is COc1cc(/C(N)=C2/C(=O)Nc3ccc(Br)cc32)ncc1Br. The normalized spacial score (nSPS) is 15.3. The largest absolute Gasteiger partial charge is 0.495 e. The summed E-state index contributed by atoms with van der Waals surface area (Å²) in [6.07, 6.45) is 1.59. The second kappa shape index (κ2) is 5.73. The van der Waals surface area contributed by atoms with Gasteiger partial charge in [-0.05, 0) is 34.1 Å². The molecule has 0 bridgehead atoms. The van der Waals surface area contributed by atoms with Crippen LogP contribution in [0.1, 0.15) is 11.3 Å². The number of aromatic nitrogens is 1. The van der Waals surface area contributed by atoms with Gasteiger partial charge in [0.25, 0.3) is 5.91 Å². The quantitative estimate of drug-likeness (QED) is 0.724. The van der Waals surface area contributed by atoms with Gasteiger partial charge in [0.1, 0.15) is 5.75 Å². The molecule has 1 aliphatic rings. The molecule has 112 valence electrons. The van der Waals surface area contributed by atoms with E-state index in [0.717, 1.165) is 20.2 Å². The van der Waals surface area contributed by atoms with E-state index in [1.165, 1.54) is 0 Å². The lowest BCUT2D eigenvalue weighted by Crippen LogP contribution is -2.10. The molecule has 3 rings (SSSR count). The topological polar surface area (TPSA) is 77.2 Å². The van der Waals surface area contributed by atoms with Gasteiger partial charge in [0.15, 0.2) is 0 Å². The van der Waals surface area contributed by atoms with Gasteiger partial charge in [-0.1, -0.05) is 15.9 Å². The average Bonchev–Trinajstić information content (AvgIpc) is 2.82. The summed E-state index contributed by atoms with van der Waals surface area (Å²) < 4.78 is 6.83. The Morgan fingerprint density at radius 1 is 1.32 bits per heavy atom. The zero-order valence-corrected chi connectivity index (χ0v) is 14.7. The molecule has 1 aliphatic heterocycles. The van der Waals surface area contributed by atoms with Crippen molar-refractivity contribution in [3.8, 4) is 5.75 Å². The van der Waals surface area contributed by atoms with Gasteiger partial charge >= 0.3 is 0 Å². The number of nitrogens with one attached hydrogen (secondary N) is 1. The predicted octanol–water partition coefficient (Wildman–Crippen LogP) is 3.39. The van der Waals surface area contributed by atoms with Crippen molar-refractivity contribution in [3.63, 3.8) is 0 Å². The van der Waals surface area contributed by atoms with E-state index in [9.17, 15) is 4.79 Å². The fourth-order valence-electron chi connectivity index (χ4n) is 2.26. The van der Waals surface area contributed by atoms with Gasteiger partial charge in [-0.25, -0.2) is 0 Å². The van der Waals surface area contributed by atoms with Crippen molar-refractivity contribution in [2.75, 3.05) is 12.4 Å². The molecule has 1 aromatic carbocycles. The molecule has 0 aliphatic carbocycles. The maximum Gasteiger partial charge on any atom is 0.258 e. The minimum absolute atomic E-state index is 0.241. The van der Waals surface area contributed by atoms with Crippen molar-refractivity contribution in [1.29, 1.82) is 0 Å². The Morgan fingerprint density at radius 2 is 2.09 bits per heavy atom. The molecule has 2 heterocycles. The number of amides is 1. The molecule has 0 radical (unpaired) electrons. The Kier molecular flexibility index (Phi) is 3.92. The molecule has 0 saturated heterocycles. The van der Waals surface area contributed by atoms with Gasteiger partial charge in [0.2, 0.25) is 0 Å². The standard InChI is InChI=1S/C15H11Br2N3O2/c1-22-12-5-11(19-6-9(12)17)14(18)13-8-4-7(16)2-3-10(8)20-15(13)21/h2-6H,18H2,1H3,(H,20,21)/b14-13-. The molecule has 3 N–H and O–H groups in total. The number of carbonyl (C=O) groups is 1. The van der Waals surface area contributed by atoms with E-state index >= 15 is 0 Å². The number of hydrogen-bond acceptors (Lipinski definition) is 4. The summed E-state index contributed by atoms with van der Waals surface area (Å²) in [5.41, 5.74) is 8.88. The van der Waals surface area contributed by atoms with Crippen molar-refractivity contribution in [2.24, 2.45) is 5.73 Å². The third kappa shape index (κ3) is 2.50. The Morgan fingerprint density at radius 3 is 2.82 bits per heavy atom. The number of benzene rings is 1. The van der Waals surface area contributed by atoms with Crippen molar-refractivity contribution < 1.29 is 9.53 Å². The number of fused-ring (bicyclic) bond motifs is 1. The molecule has 1 amide bonds. The van der Waals surface area contributed by atoms with Crippen LogP contribution in [-0.2, 0) is 4.79 Å². The fraction of sp³-hybridized carbons (Fsp3) is 0.0667. The first-order valence-corrected chi connectivity index (χ1v) is 7.90. The van der Waals surface area contributed by atoms with Gasteiger partial charge in [-0.3, -0.25) is 9.78 Å². The van der Waals surface area contributed by atoms with Crippen LogP contribution in [0.15, 0.2) is 39.4 Å². The van der Waals surface area contributed by atoms with Crippen molar-refractivity contribution >= 4 is 54.7 Å². The van der Waals surface area contributed by atoms with Gasteiger partial charge in [0, 0.05) is 28.0 Å². The lowest BCUT2D eigenvalue weighted by Gasteiger charge is -2.08. The highest BCUT2D eigenvalue weighted by Crippen LogP contribution is 2.37. The number of halogens is 2. The average molecular weight is 425 g/mol. The molecular weight excluding hydrogens is 414 g/mol. The van der Waals surface area contributed by atoms with Crippen LogP contribution in [0.5, 0.6) is 5.75 Å². The molecule has 2 aromatic rings. The second-order valence-electron chi connectivity index (χ2n) is 4.64. The van der Waals surface area contributed by atoms with Crippen LogP contribution in [0.3, 0.4) is 0 Å². The minimum atomic E-state index is -0.241. The first-order valence-electron chi connectivity index (χ1n) is 6.32. The molecule has 22 heavy (non-hydrogen) atoms. The number of ether oxygens (including phenoxy) is 1. The van der Waals surface area contributed by atoms with Crippen LogP contribution in [0, 0.1) is 0 Å². The number of anilines is 1. The molecule has 1 aromatic heterocycles. The third-order valence-corrected chi connectivity index (χ3v) is 4.40. The molecule has 0 fully saturated rings. The van der Waals surface area contributed by atoms with Crippen molar-refractivity contribution in [1.82, 2.24) is 4.98 Å². The number of pyridine rings is 1. The van der Waals surface area contributed by atoms with E-state index in [4.69, 9.17) is 10.5 Å². The van der Waals surface area contributed by atoms with Gasteiger partial charge in [0.05, 0.1) is 28.5 Å². The highest BCUT2D eigenvalue weighted by atomic mass is 79.9. The van der Waals surface area contributed by atoms with E-state index in [1.54, 1.807) is 19.4 Å². The van der Waals surface area contributed by atoms with Gasteiger partial charge in [-0.15, -0.1) is 0 Å². The van der Waals surface area contributed by atoms with E-state index in [-0.39, 0.29) is 5.91 Å². The highest BCUT2D eigenvalue weighted by molar-refractivity contribution is 9.10. The monoisotopic (exact) mass is 423 g/mol. The summed E-state index contributed by atoms with van der Waals surface area (Å²) in [5.74, 6) is 0.357. The van der Waals surface area contributed by atoms with Crippen LogP contribution in [0.4, 0.5) is 5.69 Å². The number of nitrogens with two attached hydrogens (primary N) is 1. The third-order valence-electron chi connectivity index (χ3n) is 3.31. The van der Waals surface area contributed by atoms with Crippen LogP contribution in [-0.4, -0.2) is 18.0 Å². The zero-order chi connectivity index (χ0) is 15.9. The van der Waals surface area contributed by atoms with E-state index in [2.05, 4.69) is 42.2 Å². The lowest BCUT2D eigenvalue weighted by molar-refractivity contribution is -0.110. The molecular formula is C15H11Br2N3O2. The summed E-state index contributed by atoms with van der Waals surface area (Å²) >= 11 is 6.75. The van der Waals surface area contributed by atoms with Gasteiger partial charge < -0.3 is 15.8 Å². The fourth-order valence-corrected chi connectivity index (χ4v) is 3.00. The van der Waals surface area contributed by atoms with Crippen molar-refractivity contribution in [2.45, 2.75) is 0 Å². The maximum atomic E-state index is 12.2. The summed E-state index contributed by atoms with van der Waals surface area (Å²) in [6.45, 7) is 0. The van der Waals surface area contributed by atoms with E-state index < -0.39 is 0 Å². The summed E-state index contributed by atoms with van der Waals surface area (Å²) in [5, 5.41) is 2.80. The van der Waals surface area contributed by atoms with Crippen LogP contribution < -0.4 is 15.8 Å². The predicted molar refractivity (Wildman–Crippen MR) is 92.3 cm³/mol. The van der Waals surface area contributed by atoms with Gasteiger partial charge in [-0.2, -0.15) is 0 Å². The first-order chi connectivity index (χ1) is 10.5. The molecule has 0 atom stereocenters. The highest BCUT2D eigenvalue weighted by Gasteiger charge is 2.28. The first kappa shape index (κ1) is 15.1. The lowest BCUT2D eigenvalue weighted by atomic mass is 10.0. The maximum absolute atomic E-state index is 12.2. The van der Waals surface area contributed by atoms with Crippen LogP contribution in [0.2, 0.25) is 0 Å². The van der Waals surface area contributed by atoms with E-state index in [1.807, 2.05) is 18.2 Å². The number of hydrogen-bond donors (Lipinski definition) is 2. The molecule has 0 saturated carbocycles. The number of rotatable bonds is 2. The number of methoxy groups -OCH3 is 1. The Bertz CT molecular complexity index is 818. The Balaban J connectivity index is 2.18. The second-order valence-corrected chi connectivity index (χ2v) is 6.41. The number of nitrogens with zero attached hydrogens (tertiary/aromatic N) is 1. The summed E-state index contributed by atoms with van der Waals surface area (Å²) in [7, 11) is 1.56. The molecule has 7 heteroatoms. The zero-order valence-electron chi connectivity index (χ0n) is 11.5. The summed E-state index contributed by atoms with van der Waals surface area (Å²) in [6, 6.07) is 7.23. The minimum Gasteiger partial charge on any atom is -0.495 e. The van der Waals surface area contributed by atoms with E-state index in [0.29, 0.717) is 22.7 Å². The van der Waals surface area contributed by atoms with Crippen molar-refractivity contribution in [3.05, 3.63) is 50.7 Å².